The first-order valence-electron chi connectivity index (χ1n) is 15.3. The summed E-state index contributed by atoms with van der Waals surface area (Å²) in [5.41, 5.74) is 10.2. The maximum absolute atomic E-state index is 13.1. The zero-order valence-electron chi connectivity index (χ0n) is 25.6. The van der Waals surface area contributed by atoms with Crippen molar-refractivity contribution in [2.75, 3.05) is 32.7 Å². The summed E-state index contributed by atoms with van der Waals surface area (Å²) < 4.78 is 44.9. The molecule has 45 heavy (non-hydrogen) atoms. The molecule has 0 unspecified atom stereocenters. The number of alkyl halides is 3. The molecule has 1 amide bonds. The van der Waals surface area contributed by atoms with Crippen molar-refractivity contribution >= 4 is 17.1 Å². The summed E-state index contributed by atoms with van der Waals surface area (Å²) in [5.74, 6) is 0. The van der Waals surface area contributed by atoms with Crippen molar-refractivity contribution in [2.45, 2.75) is 57.9 Å². The molecule has 13 heteroatoms. The van der Waals surface area contributed by atoms with Gasteiger partial charge in [0.1, 0.15) is 0 Å². The first kappa shape index (κ1) is 32.3. The van der Waals surface area contributed by atoms with Crippen LogP contribution in [0.1, 0.15) is 49.0 Å². The monoisotopic (exact) mass is 626 g/mol. The lowest BCUT2D eigenvalue weighted by Crippen LogP contribution is -2.38. The van der Waals surface area contributed by atoms with E-state index in [0.717, 1.165) is 73.3 Å². The van der Waals surface area contributed by atoms with E-state index < -0.39 is 17.8 Å². The van der Waals surface area contributed by atoms with E-state index in [4.69, 9.17) is 10.8 Å². The van der Waals surface area contributed by atoms with Gasteiger partial charge in [-0.15, -0.1) is 0 Å². The Bertz CT molecular complexity index is 1680. The number of para-hydroxylation sites is 2. The van der Waals surface area contributed by atoms with Crippen LogP contribution in [0.25, 0.3) is 28.0 Å². The van der Waals surface area contributed by atoms with Crippen LogP contribution >= 0.6 is 0 Å². The summed E-state index contributed by atoms with van der Waals surface area (Å²) in [6, 6.07) is 12.9. The first-order chi connectivity index (χ1) is 21.5. The van der Waals surface area contributed by atoms with Crippen molar-refractivity contribution in [2.24, 2.45) is 7.05 Å². The molecule has 1 fully saturated rings. The number of carbonyl (C=O) groups is 1. The van der Waals surface area contributed by atoms with E-state index in [2.05, 4.69) is 4.90 Å². The minimum Gasteiger partial charge on any atom is -0.678 e. The van der Waals surface area contributed by atoms with Gasteiger partial charge in [-0.05, 0) is 50.1 Å². The fourth-order valence-electron chi connectivity index (χ4n) is 6.41. The number of carboxylic acid groups (broad SMARTS) is 1. The summed E-state index contributed by atoms with van der Waals surface area (Å²) >= 11 is 0. The molecule has 10 nitrogen and oxygen atoms in total. The minimum absolute atomic E-state index is 0.0171. The van der Waals surface area contributed by atoms with Gasteiger partial charge >= 0.3 is 18.0 Å². The topological polar surface area (TPSA) is 112 Å². The standard InChI is InChI=1S/C30H33F3N6O3.C2H6N/c1-35-25-5-2-3-6-26(25)39(28(35)40)22-11-16-36(17-12-22)14-4-15-38-24-13-18-37(29(41)42)19-23(24)27(34-38)20-7-9-21(10-8-20)30(31,32)33;1-2-3/h2-3,5-10,22H,4,11-19H2,1H3,(H,41,42);3H,2H2,1H3/q;-1. The molecular weight excluding hydrogens is 587 g/mol. The third-order valence-electron chi connectivity index (χ3n) is 8.65. The second kappa shape index (κ2) is 13.5. The molecule has 0 atom stereocenters. The molecule has 4 aromatic rings. The van der Waals surface area contributed by atoms with Gasteiger partial charge in [0.15, 0.2) is 0 Å². The zero-order chi connectivity index (χ0) is 32.3. The summed E-state index contributed by atoms with van der Waals surface area (Å²) in [4.78, 5) is 28.3. The number of piperidine rings is 1. The number of aromatic nitrogens is 4. The number of nitrogens with one attached hydrogen (secondary N) is 1. The van der Waals surface area contributed by atoms with Crippen molar-refractivity contribution < 1.29 is 23.1 Å². The van der Waals surface area contributed by atoms with Crippen LogP contribution in [-0.4, -0.2) is 72.6 Å². The maximum atomic E-state index is 13.1. The van der Waals surface area contributed by atoms with Gasteiger partial charge in [-0.25, -0.2) is 9.59 Å². The molecule has 4 heterocycles. The van der Waals surface area contributed by atoms with Gasteiger partial charge in [0, 0.05) is 62.5 Å². The SMILES string of the molecule is CC[NH-].Cn1c(=O)n(C2CCN(CCCn3nc(-c4ccc(C(F)(F)F)cc4)c4c3CCN(C(=O)O)C4)CC2)c2ccccc21. The van der Waals surface area contributed by atoms with Crippen LogP contribution in [0.5, 0.6) is 0 Å². The molecule has 0 spiro atoms. The largest absolute Gasteiger partial charge is 0.678 e. The van der Waals surface area contributed by atoms with Crippen LogP contribution in [0.3, 0.4) is 0 Å². The Morgan fingerprint density at radius 1 is 1.02 bits per heavy atom. The number of hydrogen-bond acceptors (Lipinski definition) is 4. The molecule has 2 aliphatic rings. The Morgan fingerprint density at radius 2 is 1.67 bits per heavy atom. The summed E-state index contributed by atoms with van der Waals surface area (Å²) in [5, 5.41) is 14.3. The van der Waals surface area contributed by atoms with E-state index in [1.165, 1.54) is 17.0 Å². The predicted octanol–water partition coefficient (Wildman–Crippen LogP) is 6.04. The molecular formula is C32H39F3N7O3-. The smallest absolute Gasteiger partial charge is 0.416 e. The fraction of sp³-hybridized carbons (Fsp3) is 0.469. The molecule has 1 saturated heterocycles. The van der Waals surface area contributed by atoms with Gasteiger partial charge in [0.25, 0.3) is 0 Å². The molecule has 6 rings (SSSR count). The van der Waals surface area contributed by atoms with Crippen molar-refractivity contribution in [3.05, 3.63) is 81.6 Å². The number of benzene rings is 2. The van der Waals surface area contributed by atoms with Crippen LogP contribution < -0.4 is 5.69 Å². The fourth-order valence-corrected chi connectivity index (χ4v) is 6.41. The average molecular weight is 627 g/mol. The number of likely N-dealkylation sites (tertiary alicyclic amines) is 1. The second-order valence-electron chi connectivity index (χ2n) is 11.5. The van der Waals surface area contributed by atoms with Gasteiger partial charge in [0.05, 0.1) is 28.8 Å². The highest BCUT2D eigenvalue weighted by molar-refractivity contribution is 5.76. The van der Waals surface area contributed by atoms with Gasteiger partial charge in [-0.1, -0.05) is 31.2 Å². The Morgan fingerprint density at radius 3 is 2.29 bits per heavy atom. The molecule has 242 valence electrons. The molecule has 0 bridgehead atoms. The molecule has 2 N–H and O–H groups in total. The molecule has 2 aliphatic heterocycles. The lowest BCUT2D eigenvalue weighted by molar-refractivity contribution is -0.137. The Labute approximate surface area is 259 Å². The van der Waals surface area contributed by atoms with E-state index in [1.54, 1.807) is 11.5 Å². The zero-order valence-corrected chi connectivity index (χ0v) is 25.6. The highest BCUT2D eigenvalue weighted by Gasteiger charge is 2.32. The minimum atomic E-state index is -4.43. The lowest BCUT2D eigenvalue weighted by atomic mass is 10.00. The van der Waals surface area contributed by atoms with Crippen LogP contribution in [0.2, 0.25) is 0 Å². The van der Waals surface area contributed by atoms with E-state index in [9.17, 15) is 27.9 Å². The van der Waals surface area contributed by atoms with Gasteiger partial charge in [-0.2, -0.15) is 24.8 Å². The van der Waals surface area contributed by atoms with E-state index >= 15 is 0 Å². The van der Waals surface area contributed by atoms with Crippen molar-refractivity contribution in [1.82, 2.24) is 28.7 Å². The number of nitrogens with zero attached hydrogens (tertiary/aromatic N) is 6. The first-order valence-corrected chi connectivity index (χ1v) is 15.3. The predicted molar refractivity (Wildman–Crippen MR) is 166 cm³/mol. The number of rotatable bonds is 6. The van der Waals surface area contributed by atoms with Crippen molar-refractivity contribution in [3.63, 3.8) is 0 Å². The number of halogens is 3. The Hall–Kier alpha value is -4.10. The van der Waals surface area contributed by atoms with Gasteiger partial charge in [-0.3, -0.25) is 13.8 Å². The number of imidazole rings is 1. The number of aryl methyl sites for hydroxylation is 2. The number of hydrogen-bond donors (Lipinski definition) is 1. The quantitative estimate of drug-likeness (QED) is 0.280. The number of fused-ring (bicyclic) bond motifs is 2. The molecule has 0 radical (unpaired) electrons. The normalized spacial score (nSPS) is 16.0. The van der Waals surface area contributed by atoms with E-state index in [-0.39, 0.29) is 18.3 Å². The van der Waals surface area contributed by atoms with Crippen LogP contribution in [0.15, 0.2) is 53.3 Å². The summed E-state index contributed by atoms with van der Waals surface area (Å²) in [6.45, 7) is 6.02. The average Bonchev–Trinajstić information content (AvgIpc) is 3.51. The van der Waals surface area contributed by atoms with Crippen LogP contribution in [-0.2, 0) is 32.7 Å². The van der Waals surface area contributed by atoms with E-state index in [1.807, 2.05) is 40.6 Å². The second-order valence-corrected chi connectivity index (χ2v) is 11.5. The Kier molecular flexibility index (Phi) is 9.68. The Balaban J connectivity index is 0.00000128. The molecule has 2 aromatic heterocycles. The molecule has 0 aliphatic carbocycles. The maximum Gasteiger partial charge on any atom is 0.416 e. The summed E-state index contributed by atoms with van der Waals surface area (Å²) in [7, 11) is 1.81. The highest BCUT2D eigenvalue weighted by Crippen LogP contribution is 2.34. The number of amides is 1. The molecule has 2 aromatic carbocycles. The van der Waals surface area contributed by atoms with Crippen molar-refractivity contribution in [1.29, 1.82) is 0 Å². The van der Waals surface area contributed by atoms with Gasteiger partial charge in [0.2, 0.25) is 0 Å². The lowest BCUT2D eigenvalue weighted by Gasteiger charge is -2.32. The summed E-state index contributed by atoms with van der Waals surface area (Å²) in [6.07, 6.45) is -2.37. The van der Waals surface area contributed by atoms with E-state index in [0.29, 0.717) is 37.3 Å². The van der Waals surface area contributed by atoms with Crippen LogP contribution in [0.4, 0.5) is 18.0 Å². The third kappa shape index (κ3) is 6.79. The highest BCUT2D eigenvalue weighted by atomic mass is 19.4. The molecule has 0 saturated carbocycles. The van der Waals surface area contributed by atoms with Crippen molar-refractivity contribution in [3.8, 4) is 11.3 Å². The van der Waals surface area contributed by atoms with Crippen LogP contribution in [0, 0.1) is 0 Å². The van der Waals surface area contributed by atoms with Gasteiger partial charge < -0.3 is 20.6 Å². The third-order valence-corrected chi connectivity index (χ3v) is 8.65.